The number of hydrogen-bond donors (Lipinski definition) is 1. The van der Waals surface area contributed by atoms with E-state index >= 15 is 0 Å². The number of amides is 1. The molecule has 0 aliphatic carbocycles. The van der Waals surface area contributed by atoms with Gasteiger partial charge in [0.25, 0.3) is 0 Å². The second-order valence-electron chi connectivity index (χ2n) is 4.78. The summed E-state index contributed by atoms with van der Waals surface area (Å²) in [5, 5.41) is 2.98. The van der Waals surface area contributed by atoms with Crippen LogP contribution in [-0.4, -0.2) is 38.6 Å². The van der Waals surface area contributed by atoms with Crippen LogP contribution in [-0.2, 0) is 4.79 Å². The summed E-state index contributed by atoms with van der Waals surface area (Å²) >= 11 is 0. The first-order valence-corrected chi connectivity index (χ1v) is 6.66. The van der Waals surface area contributed by atoms with Crippen molar-refractivity contribution in [2.24, 2.45) is 0 Å². The highest BCUT2D eigenvalue weighted by atomic mass is 16.5. The second-order valence-corrected chi connectivity index (χ2v) is 4.78. The first kappa shape index (κ1) is 15.5. The lowest BCUT2D eigenvalue weighted by atomic mass is 10.0. The van der Waals surface area contributed by atoms with Crippen LogP contribution in [0.5, 0.6) is 5.75 Å². The molecule has 1 rings (SSSR count). The third kappa shape index (κ3) is 4.56. The Kier molecular flexibility index (Phi) is 6.36. The van der Waals surface area contributed by atoms with Gasteiger partial charge in [-0.05, 0) is 26.6 Å². The summed E-state index contributed by atoms with van der Waals surface area (Å²) in [6.45, 7) is 2.59. The lowest BCUT2D eigenvalue weighted by Gasteiger charge is -2.26. The molecule has 0 saturated carbocycles. The maximum atomic E-state index is 11.6. The smallest absolute Gasteiger partial charge is 0.220 e. The van der Waals surface area contributed by atoms with Crippen LogP contribution in [0.25, 0.3) is 0 Å². The van der Waals surface area contributed by atoms with E-state index in [1.807, 2.05) is 45.3 Å². The highest BCUT2D eigenvalue weighted by molar-refractivity contribution is 5.75. The first-order valence-electron chi connectivity index (χ1n) is 6.66. The molecule has 106 valence electrons. The maximum Gasteiger partial charge on any atom is 0.220 e. The maximum absolute atomic E-state index is 11.6. The SMILES string of the molecule is CCCC(=O)NC[C@H](c1ccccc1OC)N(C)C. The minimum absolute atomic E-state index is 0.101. The standard InChI is InChI=1S/C15H24N2O2/c1-5-8-15(18)16-11-13(17(2)3)12-9-6-7-10-14(12)19-4/h6-7,9-10,13H,5,8,11H2,1-4H3,(H,16,18)/t13-/m1/s1. The Morgan fingerprint density at radius 1 is 1.37 bits per heavy atom. The molecule has 1 aromatic carbocycles. The summed E-state index contributed by atoms with van der Waals surface area (Å²) in [6.07, 6.45) is 1.44. The number of carbonyl (C=O) groups excluding carboxylic acids is 1. The van der Waals surface area contributed by atoms with Gasteiger partial charge in [0.2, 0.25) is 5.91 Å². The number of likely N-dealkylation sites (N-methyl/N-ethyl adjacent to an activating group) is 1. The summed E-state index contributed by atoms with van der Waals surface area (Å²) < 4.78 is 5.39. The molecule has 19 heavy (non-hydrogen) atoms. The summed E-state index contributed by atoms with van der Waals surface area (Å²) in [5.74, 6) is 0.954. The van der Waals surface area contributed by atoms with E-state index in [0.717, 1.165) is 17.7 Å². The molecule has 0 aromatic heterocycles. The number of carbonyl (C=O) groups is 1. The molecule has 1 N–H and O–H groups in total. The number of nitrogens with one attached hydrogen (secondary N) is 1. The van der Waals surface area contributed by atoms with Gasteiger partial charge in [-0.2, -0.15) is 0 Å². The molecular formula is C15H24N2O2. The van der Waals surface area contributed by atoms with E-state index < -0.39 is 0 Å². The molecule has 1 atom stereocenters. The number of methoxy groups -OCH3 is 1. The molecule has 0 aliphatic rings. The molecule has 0 spiro atoms. The monoisotopic (exact) mass is 264 g/mol. The number of hydrogen-bond acceptors (Lipinski definition) is 3. The van der Waals surface area contributed by atoms with Gasteiger partial charge in [0.05, 0.1) is 13.2 Å². The number of ether oxygens (including phenoxy) is 1. The van der Waals surface area contributed by atoms with E-state index in [1.165, 1.54) is 0 Å². The molecule has 0 radical (unpaired) electrons. The molecule has 0 saturated heterocycles. The van der Waals surface area contributed by atoms with Crippen molar-refractivity contribution in [3.05, 3.63) is 29.8 Å². The quantitative estimate of drug-likeness (QED) is 0.821. The van der Waals surface area contributed by atoms with Crippen LogP contribution in [0.4, 0.5) is 0 Å². The minimum atomic E-state index is 0.101. The van der Waals surface area contributed by atoms with Crippen molar-refractivity contribution in [2.75, 3.05) is 27.7 Å². The number of rotatable bonds is 7. The first-order chi connectivity index (χ1) is 9.10. The molecule has 0 bridgehead atoms. The van der Waals surface area contributed by atoms with Crippen LogP contribution >= 0.6 is 0 Å². The summed E-state index contributed by atoms with van der Waals surface area (Å²) in [4.78, 5) is 13.7. The summed E-state index contributed by atoms with van der Waals surface area (Å²) in [5.41, 5.74) is 1.09. The Morgan fingerprint density at radius 2 is 2.05 bits per heavy atom. The summed E-state index contributed by atoms with van der Waals surface area (Å²) in [6, 6.07) is 8.03. The number of benzene rings is 1. The fourth-order valence-corrected chi connectivity index (χ4v) is 2.04. The molecule has 0 heterocycles. The van der Waals surface area contributed by atoms with Crippen LogP contribution in [0, 0.1) is 0 Å². The lowest BCUT2D eigenvalue weighted by molar-refractivity contribution is -0.121. The predicted molar refractivity (Wildman–Crippen MR) is 77.3 cm³/mol. The second kappa shape index (κ2) is 7.79. The van der Waals surface area contributed by atoms with Gasteiger partial charge in [0.1, 0.15) is 5.75 Å². The van der Waals surface area contributed by atoms with Crippen LogP contribution < -0.4 is 10.1 Å². The zero-order valence-electron chi connectivity index (χ0n) is 12.3. The fourth-order valence-electron chi connectivity index (χ4n) is 2.04. The van der Waals surface area contributed by atoms with Gasteiger partial charge in [0.15, 0.2) is 0 Å². The van der Waals surface area contributed by atoms with E-state index in [-0.39, 0.29) is 11.9 Å². The molecule has 4 heteroatoms. The van der Waals surface area contributed by atoms with Crippen molar-refractivity contribution in [1.29, 1.82) is 0 Å². The van der Waals surface area contributed by atoms with Crippen molar-refractivity contribution in [2.45, 2.75) is 25.8 Å². The number of nitrogens with zero attached hydrogens (tertiary/aromatic N) is 1. The van der Waals surface area contributed by atoms with Crippen molar-refractivity contribution in [3.63, 3.8) is 0 Å². The Morgan fingerprint density at radius 3 is 2.63 bits per heavy atom. The highest BCUT2D eigenvalue weighted by Gasteiger charge is 2.18. The molecule has 1 amide bonds. The van der Waals surface area contributed by atoms with Crippen LogP contribution in [0.1, 0.15) is 31.4 Å². The van der Waals surface area contributed by atoms with Gasteiger partial charge in [0, 0.05) is 18.5 Å². The van der Waals surface area contributed by atoms with Crippen molar-refractivity contribution < 1.29 is 9.53 Å². The van der Waals surface area contributed by atoms with Gasteiger partial charge in [-0.15, -0.1) is 0 Å². The number of para-hydroxylation sites is 1. The van der Waals surface area contributed by atoms with Gasteiger partial charge in [-0.1, -0.05) is 25.1 Å². The van der Waals surface area contributed by atoms with Gasteiger partial charge in [-0.3, -0.25) is 4.79 Å². The zero-order valence-corrected chi connectivity index (χ0v) is 12.3. The van der Waals surface area contributed by atoms with Crippen LogP contribution in [0.2, 0.25) is 0 Å². The average molecular weight is 264 g/mol. The van der Waals surface area contributed by atoms with E-state index in [2.05, 4.69) is 10.2 Å². The molecule has 0 unspecified atom stereocenters. The van der Waals surface area contributed by atoms with Crippen molar-refractivity contribution >= 4 is 5.91 Å². The van der Waals surface area contributed by atoms with E-state index in [0.29, 0.717) is 13.0 Å². The normalized spacial score (nSPS) is 12.3. The lowest BCUT2D eigenvalue weighted by Crippen LogP contribution is -2.34. The van der Waals surface area contributed by atoms with Gasteiger partial charge in [-0.25, -0.2) is 0 Å². The molecule has 4 nitrogen and oxygen atoms in total. The van der Waals surface area contributed by atoms with Crippen LogP contribution in [0.15, 0.2) is 24.3 Å². The zero-order chi connectivity index (χ0) is 14.3. The van der Waals surface area contributed by atoms with Crippen molar-refractivity contribution in [3.8, 4) is 5.75 Å². The molecule has 0 fully saturated rings. The Balaban J connectivity index is 2.80. The third-order valence-electron chi connectivity index (χ3n) is 3.09. The Labute approximate surface area is 115 Å². The van der Waals surface area contributed by atoms with E-state index in [1.54, 1.807) is 7.11 Å². The highest BCUT2D eigenvalue weighted by Crippen LogP contribution is 2.27. The topological polar surface area (TPSA) is 41.6 Å². The summed E-state index contributed by atoms with van der Waals surface area (Å²) in [7, 11) is 5.67. The van der Waals surface area contributed by atoms with Crippen LogP contribution in [0.3, 0.4) is 0 Å². The van der Waals surface area contributed by atoms with Gasteiger partial charge < -0.3 is 15.0 Å². The fraction of sp³-hybridized carbons (Fsp3) is 0.533. The molecule has 0 aliphatic heterocycles. The molecule has 1 aromatic rings. The average Bonchev–Trinajstić information content (AvgIpc) is 2.39. The van der Waals surface area contributed by atoms with E-state index in [9.17, 15) is 4.79 Å². The minimum Gasteiger partial charge on any atom is -0.496 e. The predicted octanol–water partition coefficient (Wildman–Crippen LogP) is 2.21. The largest absolute Gasteiger partial charge is 0.496 e. The third-order valence-corrected chi connectivity index (χ3v) is 3.09. The molecular weight excluding hydrogens is 240 g/mol. The Bertz CT molecular complexity index is 405. The van der Waals surface area contributed by atoms with E-state index in [4.69, 9.17) is 4.74 Å². The Hall–Kier alpha value is -1.55. The van der Waals surface area contributed by atoms with Crippen molar-refractivity contribution in [1.82, 2.24) is 10.2 Å². The van der Waals surface area contributed by atoms with Gasteiger partial charge >= 0.3 is 0 Å².